The lowest BCUT2D eigenvalue weighted by Crippen LogP contribution is -1.89. The molecule has 0 saturated carbocycles. The summed E-state index contributed by atoms with van der Waals surface area (Å²) in [5, 5.41) is 23.2. The van der Waals surface area contributed by atoms with Crippen LogP contribution in [0.2, 0.25) is 0 Å². The summed E-state index contributed by atoms with van der Waals surface area (Å²) < 4.78 is 6.48. The Morgan fingerprint density at radius 1 is 1.05 bits per heavy atom. The molecule has 112 valence electrons. The first-order valence-corrected chi connectivity index (χ1v) is 7.95. The van der Waals surface area contributed by atoms with Gasteiger partial charge in [0.25, 0.3) is 0 Å². The van der Waals surface area contributed by atoms with E-state index >= 15 is 0 Å². The molecule has 2 N–H and O–H groups in total. The molecular formula is C17H14INO3. The highest BCUT2D eigenvalue weighted by Gasteiger charge is 2.19. The van der Waals surface area contributed by atoms with Crippen molar-refractivity contribution >= 4 is 22.6 Å². The van der Waals surface area contributed by atoms with Crippen LogP contribution in [0, 0.1) is 3.57 Å². The lowest BCUT2D eigenvalue weighted by molar-refractivity contribution is 0.433. The van der Waals surface area contributed by atoms with Crippen molar-refractivity contribution in [3.05, 3.63) is 51.6 Å². The van der Waals surface area contributed by atoms with Gasteiger partial charge in [0.1, 0.15) is 17.2 Å². The summed E-state index contributed by atoms with van der Waals surface area (Å²) >= 11 is 2.17. The number of rotatable bonds is 3. The van der Waals surface area contributed by atoms with Crippen LogP contribution in [0.25, 0.3) is 22.6 Å². The van der Waals surface area contributed by atoms with Gasteiger partial charge in [-0.3, -0.25) is 0 Å². The molecule has 2 aromatic carbocycles. The first-order valence-electron chi connectivity index (χ1n) is 6.87. The Balaban J connectivity index is 2.13. The molecule has 3 rings (SSSR count). The van der Waals surface area contributed by atoms with Gasteiger partial charge in [-0.2, -0.15) is 0 Å². The molecule has 0 aliphatic heterocycles. The minimum absolute atomic E-state index is 0.221. The molecule has 0 unspecified atom stereocenters. The van der Waals surface area contributed by atoms with Gasteiger partial charge in [0.2, 0.25) is 0 Å². The van der Waals surface area contributed by atoms with Crippen LogP contribution in [0.5, 0.6) is 11.5 Å². The molecule has 0 amide bonds. The van der Waals surface area contributed by atoms with Crippen LogP contribution >= 0.6 is 22.6 Å². The molecule has 0 aliphatic rings. The monoisotopic (exact) mass is 407 g/mol. The topological polar surface area (TPSA) is 66.5 Å². The van der Waals surface area contributed by atoms with E-state index in [0.717, 1.165) is 38.1 Å². The average Bonchev–Trinajstić information content (AvgIpc) is 2.91. The number of nitrogens with zero attached hydrogens (tertiary/aromatic N) is 1. The van der Waals surface area contributed by atoms with Crippen molar-refractivity contribution in [3.63, 3.8) is 0 Å². The number of phenols is 2. The maximum absolute atomic E-state index is 9.55. The Morgan fingerprint density at radius 3 is 2.36 bits per heavy atom. The Morgan fingerprint density at radius 2 is 1.73 bits per heavy atom. The van der Waals surface area contributed by atoms with E-state index in [1.165, 1.54) is 0 Å². The van der Waals surface area contributed by atoms with Crippen molar-refractivity contribution < 1.29 is 14.7 Å². The normalized spacial score (nSPS) is 10.8. The fraction of sp³-hybridized carbons (Fsp3) is 0.118. The van der Waals surface area contributed by atoms with Crippen LogP contribution in [0.15, 0.2) is 47.0 Å². The fourth-order valence-corrected chi connectivity index (χ4v) is 3.13. The van der Waals surface area contributed by atoms with E-state index in [9.17, 15) is 10.2 Å². The number of hydrogen-bond donors (Lipinski definition) is 2. The zero-order chi connectivity index (χ0) is 15.7. The summed E-state index contributed by atoms with van der Waals surface area (Å²) in [6, 6.07) is 12.1. The lowest BCUT2D eigenvalue weighted by atomic mass is 10.0. The van der Waals surface area contributed by atoms with Crippen molar-refractivity contribution in [2.45, 2.75) is 13.3 Å². The quantitative estimate of drug-likeness (QED) is 0.624. The van der Waals surface area contributed by atoms with Crippen molar-refractivity contribution in [3.8, 4) is 34.1 Å². The molecule has 0 spiro atoms. The number of phenolic OH excluding ortho intramolecular Hbond substituents is 2. The van der Waals surface area contributed by atoms with Crippen molar-refractivity contribution in [1.29, 1.82) is 0 Å². The predicted molar refractivity (Wildman–Crippen MR) is 92.8 cm³/mol. The first kappa shape index (κ1) is 14.9. The van der Waals surface area contributed by atoms with Crippen LogP contribution in [0.4, 0.5) is 0 Å². The number of benzene rings is 2. The van der Waals surface area contributed by atoms with E-state index in [1.54, 1.807) is 24.3 Å². The Hall–Kier alpha value is -2.02. The first-order chi connectivity index (χ1) is 10.6. The summed E-state index contributed by atoms with van der Waals surface area (Å²) in [5.74, 6) is 1.16. The van der Waals surface area contributed by atoms with E-state index in [0.29, 0.717) is 0 Å². The molecule has 22 heavy (non-hydrogen) atoms. The smallest absolute Gasteiger partial charge is 0.171 e. The second-order valence-corrected chi connectivity index (χ2v) is 6.07. The van der Waals surface area contributed by atoms with E-state index in [2.05, 4.69) is 27.7 Å². The minimum atomic E-state index is 0.221. The van der Waals surface area contributed by atoms with Crippen molar-refractivity contribution in [2.24, 2.45) is 0 Å². The molecule has 0 saturated heterocycles. The molecular weight excluding hydrogens is 393 g/mol. The van der Waals surface area contributed by atoms with Gasteiger partial charge in [0.05, 0.1) is 0 Å². The number of hydrogen-bond acceptors (Lipinski definition) is 4. The molecule has 0 atom stereocenters. The van der Waals surface area contributed by atoms with Crippen LogP contribution in [-0.2, 0) is 6.42 Å². The standard InChI is InChI=1S/C17H14INO3/c1-2-13-16(10-3-5-11(20)6-4-10)19-22-17(13)14-8-7-12(21)9-15(14)18/h3-9,20-21H,2H2,1H3. The highest BCUT2D eigenvalue weighted by Crippen LogP contribution is 2.36. The van der Waals surface area contributed by atoms with Gasteiger partial charge in [-0.15, -0.1) is 0 Å². The zero-order valence-corrected chi connectivity index (χ0v) is 14.0. The largest absolute Gasteiger partial charge is 0.508 e. The third-order valence-corrected chi connectivity index (χ3v) is 4.37. The van der Waals surface area contributed by atoms with E-state index in [4.69, 9.17) is 4.52 Å². The molecule has 1 aromatic heterocycles. The second kappa shape index (κ2) is 6.00. The molecule has 5 heteroatoms. The maximum atomic E-state index is 9.55. The van der Waals surface area contributed by atoms with Crippen molar-refractivity contribution in [2.75, 3.05) is 0 Å². The zero-order valence-electron chi connectivity index (χ0n) is 11.9. The molecule has 0 aliphatic carbocycles. The van der Waals surface area contributed by atoms with E-state index < -0.39 is 0 Å². The van der Waals surface area contributed by atoms with E-state index in [1.807, 2.05) is 25.1 Å². The summed E-state index contributed by atoms with van der Waals surface area (Å²) in [6.07, 6.45) is 0.770. The maximum Gasteiger partial charge on any atom is 0.171 e. The molecule has 0 radical (unpaired) electrons. The SMILES string of the molecule is CCc1c(-c2ccc(O)cc2)noc1-c1ccc(O)cc1I. The lowest BCUT2D eigenvalue weighted by Gasteiger charge is -2.04. The highest BCUT2D eigenvalue weighted by molar-refractivity contribution is 14.1. The molecule has 0 fully saturated rings. The van der Waals surface area contributed by atoms with Crippen LogP contribution in [0.3, 0.4) is 0 Å². The van der Waals surface area contributed by atoms with Gasteiger partial charge in [-0.05, 0) is 71.5 Å². The van der Waals surface area contributed by atoms with Crippen LogP contribution in [-0.4, -0.2) is 15.4 Å². The van der Waals surface area contributed by atoms with Gasteiger partial charge in [-0.25, -0.2) is 0 Å². The second-order valence-electron chi connectivity index (χ2n) is 4.90. The molecule has 0 bridgehead atoms. The Kier molecular flexibility index (Phi) is 4.06. The third kappa shape index (κ3) is 2.68. The van der Waals surface area contributed by atoms with Crippen LogP contribution in [0.1, 0.15) is 12.5 Å². The Labute approximate surface area is 141 Å². The van der Waals surface area contributed by atoms with Crippen molar-refractivity contribution in [1.82, 2.24) is 5.16 Å². The highest BCUT2D eigenvalue weighted by atomic mass is 127. The van der Waals surface area contributed by atoms with Crippen LogP contribution < -0.4 is 0 Å². The molecule has 1 heterocycles. The predicted octanol–water partition coefficient (Wildman–Crippen LogP) is 4.59. The molecule has 4 nitrogen and oxygen atoms in total. The van der Waals surface area contributed by atoms with Gasteiger partial charge < -0.3 is 14.7 Å². The third-order valence-electron chi connectivity index (χ3n) is 3.48. The molecule has 3 aromatic rings. The van der Waals surface area contributed by atoms with Gasteiger partial charge in [0, 0.05) is 20.3 Å². The summed E-state index contributed by atoms with van der Waals surface area (Å²) in [7, 11) is 0. The van der Waals surface area contributed by atoms with E-state index in [-0.39, 0.29) is 11.5 Å². The minimum Gasteiger partial charge on any atom is -0.508 e. The number of aromatic nitrogens is 1. The van der Waals surface area contributed by atoms with Gasteiger partial charge in [0.15, 0.2) is 5.76 Å². The van der Waals surface area contributed by atoms with Gasteiger partial charge in [-0.1, -0.05) is 12.1 Å². The average molecular weight is 407 g/mol. The number of aromatic hydroxyl groups is 2. The number of halogens is 1. The van der Waals surface area contributed by atoms with Gasteiger partial charge >= 0.3 is 0 Å². The Bertz CT molecular complexity index is 809. The fourth-order valence-electron chi connectivity index (χ4n) is 2.38. The summed E-state index contributed by atoms with van der Waals surface area (Å²) in [5.41, 5.74) is 3.60. The summed E-state index contributed by atoms with van der Waals surface area (Å²) in [6.45, 7) is 2.05. The summed E-state index contributed by atoms with van der Waals surface area (Å²) in [4.78, 5) is 0.